The summed E-state index contributed by atoms with van der Waals surface area (Å²) < 4.78 is 18.5. The minimum Gasteiger partial charge on any atom is -0.482 e. The van der Waals surface area contributed by atoms with Crippen molar-refractivity contribution >= 4 is 39.6 Å². The van der Waals surface area contributed by atoms with E-state index in [1.54, 1.807) is 7.11 Å². The summed E-state index contributed by atoms with van der Waals surface area (Å²) in [6.45, 7) is 10.4. The fraction of sp³-hybridized carbons (Fsp3) is 0.486. The van der Waals surface area contributed by atoms with Gasteiger partial charge in [0.1, 0.15) is 17.1 Å². The molecular weight excluding hydrogens is 584 g/mol. The summed E-state index contributed by atoms with van der Waals surface area (Å²) in [6, 6.07) is 15.5. The molecule has 0 radical (unpaired) electrons. The number of imidazole rings is 1. The first kappa shape index (κ1) is 34.6. The Morgan fingerprint density at radius 2 is 1.78 bits per heavy atom. The maximum Gasteiger partial charge on any atom is 0.344 e. The maximum atomic E-state index is 13.7. The number of anilines is 1. The van der Waals surface area contributed by atoms with Gasteiger partial charge in [-0.05, 0) is 49.7 Å². The number of unbranched alkanes of at least 4 members (excludes halogenated alkanes) is 1. The first-order chi connectivity index (χ1) is 22.4. The molecule has 46 heavy (non-hydrogen) atoms. The Hall–Kier alpha value is -4.22. The van der Waals surface area contributed by atoms with Crippen molar-refractivity contribution in [2.75, 3.05) is 58.8 Å². The highest BCUT2D eigenvalue weighted by molar-refractivity contribution is 6.06. The lowest BCUT2D eigenvalue weighted by Gasteiger charge is -2.27. The van der Waals surface area contributed by atoms with Crippen LogP contribution >= 0.6 is 0 Å². The molecule has 2 N–H and O–H groups in total. The van der Waals surface area contributed by atoms with Gasteiger partial charge in [0.2, 0.25) is 5.91 Å². The van der Waals surface area contributed by atoms with Crippen LogP contribution in [0.3, 0.4) is 0 Å². The minimum atomic E-state index is -0.392. The van der Waals surface area contributed by atoms with E-state index < -0.39 is 5.97 Å². The molecule has 0 aliphatic heterocycles. The summed E-state index contributed by atoms with van der Waals surface area (Å²) in [5.74, 6) is 1.51. The highest BCUT2D eigenvalue weighted by atomic mass is 16.6. The summed E-state index contributed by atoms with van der Waals surface area (Å²) in [6.07, 6.45) is 3.11. The monoisotopic (exact) mass is 632 g/mol. The molecule has 0 saturated heterocycles. The molecule has 2 aromatic heterocycles. The second kappa shape index (κ2) is 17.5. The molecule has 4 rings (SSSR count). The van der Waals surface area contributed by atoms with Crippen molar-refractivity contribution in [2.24, 2.45) is 0 Å². The quantitative estimate of drug-likeness (QED) is 0.114. The van der Waals surface area contributed by atoms with Crippen LogP contribution < -0.4 is 10.5 Å². The van der Waals surface area contributed by atoms with Gasteiger partial charge in [-0.15, -0.1) is 0 Å². The van der Waals surface area contributed by atoms with Crippen molar-refractivity contribution in [3.63, 3.8) is 0 Å². The number of nitrogens with two attached hydrogens (primary N) is 1. The number of hydrogen-bond acceptors (Lipinski definition) is 9. The smallest absolute Gasteiger partial charge is 0.344 e. The predicted molar refractivity (Wildman–Crippen MR) is 181 cm³/mol. The Balaban J connectivity index is 1.53. The van der Waals surface area contributed by atoms with Crippen LogP contribution in [0.25, 0.3) is 21.9 Å². The molecule has 0 aliphatic rings. The molecule has 2 aromatic carbocycles. The number of benzene rings is 2. The number of ether oxygens (including phenoxy) is 3. The molecule has 0 fully saturated rings. The average molecular weight is 633 g/mol. The van der Waals surface area contributed by atoms with Crippen molar-refractivity contribution < 1.29 is 23.8 Å². The third-order valence-corrected chi connectivity index (χ3v) is 8.02. The van der Waals surface area contributed by atoms with Gasteiger partial charge < -0.3 is 29.4 Å². The number of carbonyl (C=O) groups is 2. The van der Waals surface area contributed by atoms with E-state index in [1.165, 1.54) is 0 Å². The Morgan fingerprint density at radius 1 is 0.978 bits per heavy atom. The van der Waals surface area contributed by atoms with E-state index in [2.05, 4.69) is 28.3 Å². The van der Waals surface area contributed by atoms with E-state index in [0.29, 0.717) is 69.3 Å². The molecule has 0 bridgehead atoms. The fourth-order valence-corrected chi connectivity index (χ4v) is 5.45. The van der Waals surface area contributed by atoms with E-state index in [9.17, 15) is 9.59 Å². The second-order valence-electron chi connectivity index (χ2n) is 11.3. The summed E-state index contributed by atoms with van der Waals surface area (Å²) >= 11 is 0. The molecule has 0 unspecified atom stereocenters. The van der Waals surface area contributed by atoms with Crippen molar-refractivity contribution in [3.05, 3.63) is 59.9 Å². The zero-order valence-electron chi connectivity index (χ0n) is 27.7. The first-order valence-corrected chi connectivity index (χ1v) is 16.3. The van der Waals surface area contributed by atoms with Gasteiger partial charge >= 0.3 is 5.97 Å². The number of amides is 1. The van der Waals surface area contributed by atoms with E-state index in [1.807, 2.05) is 60.4 Å². The van der Waals surface area contributed by atoms with Crippen molar-refractivity contribution in [3.8, 4) is 5.75 Å². The number of fused-ring (bicyclic) bond motifs is 3. The van der Waals surface area contributed by atoms with Crippen LogP contribution in [0.1, 0.15) is 51.4 Å². The first-order valence-electron chi connectivity index (χ1n) is 16.3. The number of hydrogen-bond donors (Lipinski definition) is 1. The summed E-state index contributed by atoms with van der Waals surface area (Å²) in [5.41, 5.74) is 9.75. The van der Waals surface area contributed by atoms with Crippen molar-refractivity contribution in [2.45, 2.75) is 59.5 Å². The topological polar surface area (TPSA) is 125 Å². The van der Waals surface area contributed by atoms with Crippen LogP contribution in [0, 0.1) is 0 Å². The minimum absolute atomic E-state index is 0.0588. The normalized spacial score (nSPS) is 11.4. The molecule has 4 aromatic rings. The molecule has 11 heteroatoms. The second-order valence-corrected chi connectivity index (χ2v) is 11.3. The van der Waals surface area contributed by atoms with Crippen molar-refractivity contribution in [1.82, 2.24) is 24.3 Å². The number of methoxy groups -OCH3 is 1. The average Bonchev–Trinajstić information content (AvgIpc) is 3.44. The SMILES string of the molecule is CCCCOC(=O)COc1cccc(CN(CCCn2c(CCOC)nc3c(N)nc4ccccc4c32)C(=O)CN(CC)CC)c1. The number of rotatable bonds is 19. The zero-order chi connectivity index (χ0) is 32.9. The van der Waals surface area contributed by atoms with Gasteiger partial charge in [-0.3, -0.25) is 9.69 Å². The fourth-order valence-electron chi connectivity index (χ4n) is 5.45. The van der Waals surface area contributed by atoms with Crippen LogP contribution in [0.15, 0.2) is 48.5 Å². The van der Waals surface area contributed by atoms with Gasteiger partial charge in [0.15, 0.2) is 12.4 Å². The Labute approximate surface area is 271 Å². The number of likely N-dealkylation sites (N-methyl/N-ethyl adjacent to an activating group) is 1. The van der Waals surface area contributed by atoms with Crippen LogP contribution in [0.5, 0.6) is 5.75 Å². The number of nitrogen functional groups attached to an aromatic ring is 1. The van der Waals surface area contributed by atoms with E-state index in [4.69, 9.17) is 24.9 Å². The number of aryl methyl sites for hydroxylation is 1. The lowest BCUT2D eigenvalue weighted by Crippen LogP contribution is -2.40. The van der Waals surface area contributed by atoms with E-state index in [-0.39, 0.29) is 12.5 Å². The number of para-hydroxylation sites is 1. The van der Waals surface area contributed by atoms with Gasteiger partial charge in [0.25, 0.3) is 0 Å². The number of aromatic nitrogens is 3. The Bertz CT molecular complexity index is 1580. The lowest BCUT2D eigenvalue weighted by molar-refractivity contribution is -0.146. The predicted octanol–water partition coefficient (Wildman–Crippen LogP) is 4.84. The van der Waals surface area contributed by atoms with Crippen LogP contribution in [-0.4, -0.2) is 89.3 Å². The molecule has 0 atom stereocenters. The summed E-state index contributed by atoms with van der Waals surface area (Å²) in [4.78, 5) is 39.2. The summed E-state index contributed by atoms with van der Waals surface area (Å²) in [7, 11) is 1.68. The Morgan fingerprint density at radius 3 is 2.54 bits per heavy atom. The third kappa shape index (κ3) is 9.17. The highest BCUT2D eigenvalue weighted by Gasteiger charge is 2.20. The molecule has 0 aliphatic carbocycles. The molecule has 2 heterocycles. The van der Waals surface area contributed by atoms with Crippen LogP contribution in [0.2, 0.25) is 0 Å². The molecule has 248 valence electrons. The third-order valence-electron chi connectivity index (χ3n) is 8.02. The van der Waals surface area contributed by atoms with E-state index in [0.717, 1.165) is 53.7 Å². The zero-order valence-corrected chi connectivity index (χ0v) is 27.7. The molecular formula is C35H48N6O5. The summed E-state index contributed by atoms with van der Waals surface area (Å²) in [5, 5.41) is 0.989. The lowest BCUT2D eigenvalue weighted by atomic mass is 10.1. The number of nitrogens with zero attached hydrogens (tertiary/aromatic N) is 5. The molecule has 0 saturated carbocycles. The van der Waals surface area contributed by atoms with Crippen LogP contribution in [0.4, 0.5) is 5.82 Å². The van der Waals surface area contributed by atoms with Gasteiger partial charge in [-0.25, -0.2) is 14.8 Å². The molecule has 0 spiro atoms. The standard InChI is InChI=1S/C35H48N6O5/c1-5-8-20-45-32(43)25-46-27-14-11-13-26(22-27)23-40(31(42)24-39(6-2)7-3)18-12-19-41-30(17-21-44-4)38-33-34(41)28-15-9-10-16-29(28)37-35(33)36/h9-11,13-16,22H,5-8,12,17-21,23-25H2,1-4H3,(H2,36,37). The molecule has 1 amide bonds. The van der Waals surface area contributed by atoms with Gasteiger partial charge in [-0.1, -0.05) is 57.5 Å². The number of pyridine rings is 1. The largest absolute Gasteiger partial charge is 0.482 e. The maximum absolute atomic E-state index is 13.7. The van der Waals surface area contributed by atoms with E-state index >= 15 is 0 Å². The number of carbonyl (C=O) groups excluding carboxylic acids is 2. The molecule has 11 nitrogen and oxygen atoms in total. The highest BCUT2D eigenvalue weighted by Crippen LogP contribution is 2.29. The van der Waals surface area contributed by atoms with Crippen molar-refractivity contribution in [1.29, 1.82) is 0 Å². The van der Waals surface area contributed by atoms with Gasteiger partial charge in [-0.2, -0.15) is 0 Å². The number of esters is 1. The van der Waals surface area contributed by atoms with Gasteiger partial charge in [0.05, 0.1) is 30.8 Å². The van der Waals surface area contributed by atoms with Gasteiger partial charge in [0, 0.05) is 38.6 Å². The van der Waals surface area contributed by atoms with Crippen LogP contribution in [-0.2, 0) is 38.6 Å². The Kier molecular flexibility index (Phi) is 13.2.